The number of aromatic nitrogens is 4. The molecule has 2 heterocycles. The molecule has 4 nitrogen and oxygen atoms in total. The van der Waals surface area contributed by atoms with E-state index in [1.54, 1.807) is 17.1 Å². The Balaban J connectivity index is 2.60. The van der Waals surface area contributed by atoms with Crippen LogP contribution in [-0.4, -0.2) is 19.7 Å². The highest BCUT2D eigenvalue weighted by Crippen LogP contribution is 2.27. The molecular formula is C10H10Cl2N4. The Morgan fingerprint density at radius 1 is 1.25 bits per heavy atom. The highest BCUT2D eigenvalue weighted by atomic mass is 35.5. The van der Waals surface area contributed by atoms with Crippen molar-refractivity contribution in [2.45, 2.75) is 19.8 Å². The van der Waals surface area contributed by atoms with Crippen molar-refractivity contribution in [1.82, 2.24) is 19.7 Å². The minimum absolute atomic E-state index is 0.215. The molecule has 0 amide bonds. The molecule has 16 heavy (non-hydrogen) atoms. The Bertz CT molecular complexity index is 507. The lowest BCUT2D eigenvalue weighted by molar-refractivity contribution is 0.772. The molecule has 0 aliphatic carbocycles. The van der Waals surface area contributed by atoms with Crippen LogP contribution in [0.1, 0.15) is 25.3 Å². The molecule has 0 radical (unpaired) electrons. The van der Waals surface area contributed by atoms with Gasteiger partial charge in [-0.2, -0.15) is 5.10 Å². The molecule has 0 fully saturated rings. The SMILES string of the molecule is CC(C)c1c(Cl)ncnc1-n1cc(Cl)cn1. The molecule has 0 saturated carbocycles. The normalized spacial score (nSPS) is 11.1. The second-order valence-electron chi connectivity index (χ2n) is 3.66. The molecule has 0 atom stereocenters. The first kappa shape index (κ1) is 11.4. The molecule has 0 bridgehead atoms. The van der Waals surface area contributed by atoms with Crippen LogP contribution in [0.4, 0.5) is 0 Å². The first-order chi connectivity index (χ1) is 7.59. The average Bonchev–Trinajstić information content (AvgIpc) is 2.63. The number of hydrogen-bond donors (Lipinski definition) is 0. The molecule has 2 aromatic rings. The van der Waals surface area contributed by atoms with Crippen LogP contribution in [0.3, 0.4) is 0 Å². The van der Waals surface area contributed by atoms with E-state index in [1.165, 1.54) is 6.33 Å². The summed E-state index contributed by atoms with van der Waals surface area (Å²) < 4.78 is 1.60. The standard InChI is InChI=1S/C10H10Cl2N4/c1-6(2)8-9(12)13-5-14-10(8)16-4-7(11)3-15-16/h3-6H,1-2H3. The van der Waals surface area contributed by atoms with Crippen molar-refractivity contribution in [3.05, 3.63) is 34.5 Å². The Morgan fingerprint density at radius 2 is 2.00 bits per heavy atom. The maximum atomic E-state index is 6.06. The van der Waals surface area contributed by atoms with E-state index in [2.05, 4.69) is 15.1 Å². The van der Waals surface area contributed by atoms with Gasteiger partial charge in [0.05, 0.1) is 17.4 Å². The molecule has 0 spiro atoms. The van der Waals surface area contributed by atoms with E-state index in [9.17, 15) is 0 Å². The lowest BCUT2D eigenvalue weighted by Gasteiger charge is -2.11. The fraction of sp³-hybridized carbons (Fsp3) is 0.300. The fourth-order valence-electron chi connectivity index (χ4n) is 1.46. The molecular weight excluding hydrogens is 247 g/mol. The minimum atomic E-state index is 0.215. The summed E-state index contributed by atoms with van der Waals surface area (Å²) in [5.74, 6) is 0.883. The topological polar surface area (TPSA) is 43.6 Å². The molecule has 6 heteroatoms. The van der Waals surface area contributed by atoms with Gasteiger partial charge in [-0.05, 0) is 5.92 Å². The van der Waals surface area contributed by atoms with Crippen LogP contribution in [0.5, 0.6) is 0 Å². The van der Waals surface area contributed by atoms with Crippen molar-refractivity contribution in [3.8, 4) is 5.82 Å². The summed E-state index contributed by atoms with van der Waals surface area (Å²) in [7, 11) is 0. The van der Waals surface area contributed by atoms with Gasteiger partial charge in [0.1, 0.15) is 11.5 Å². The van der Waals surface area contributed by atoms with Crippen LogP contribution in [0, 0.1) is 0 Å². The molecule has 0 aliphatic heterocycles. The zero-order valence-corrected chi connectivity index (χ0v) is 10.4. The number of halogens is 2. The summed E-state index contributed by atoms with van der Waals surface area (Å²) in [4.78, 5) is 8.16. The van der Waals surface area contributed by atoms with Gasteiger partial charge < -0.3 is 0 Å². The molecule has 0 aliphatic rings. The quantitative estimate of drug-likeness (QED) is 0.776. The first-order valence-corrected chi connectivity index (χ1v) is 5.56. The van der Waals surface area contributed by atoms with Crippen LogP contribution >= 0.6 is 23.2 Å². The second-order valence-corrected chi connectivity index (χ2v) is 4.45. The molecule has 0 N–H and O–H groups in total. The van der Waals surface area contributed by atoms with Gasteiger partial charge in [0, 0.05) is 5.56 Å². The zero-order chi connectivity index (χ0) is 11.7. The maximum absolute atomic E-state index is 6.06. The highest BCUT2D eigenvalue weighted by Gasteiger charge is 2.15. The predicted molar refractivity (Wildman–Crippen MR) is 63.3 cm³/mol. The zero-order valence-electron chi connectivity index (χ0n) is 8.85. The number of hydrogen-bond acceptors (Lipinski definition) is 3. The lowest BCUT2D eigenvalue weighted by atomic mass is 10.1. The summed E-state index contributed by atoms with van der Waals surface area (Å²) in [6.45, 7) is 4.05. The van der Waals surface area contributed by atoms with E-state index in [0.29, 0.717) is 16.0 Å². The van der Waals surface area contributed by atoms with E-state index in [1.807, 2.05) is 13.8 Å². The van der Waals surface area contributed by atoms with Gasteiger partial charge in [-0.3, -0.25) is 0 Å². The van der Waals surface area contributed by atoms with Crippen molar-refractivity contribution in [2.24, 2.45) is 0 Å². The molecule has 84 valence electrons. The number of nitrogens with zero attached hydrogens (tertiary/aromatic N) is 4. The van der Waals surface area contributed by atoms with Crippen molar-refractivity contribution < 1.29 is 0 Å². The molecule has 2 aromatic heterocycles. The first-order valence-electron chi connectivity index (χ1n) is 4.80. The van der Waals surface area contributed by atoms with Crippen molar-refractivity contribution in [2.75, 3.05) is 0 Å². The monoisotopic (exact) mass is 256 g/mol. The third-order valence-electron chi connectivity index (χ3n) is 2.16. The van der Waals surface area contributed by atoms with Gasteiger partial charge in [-0.1, -0.05) is 37.0 Å². The van der Waals surface area contributed by atoms with Gasteiger partial charge in [0.2, 0.25) is 0 Å². The molecule has 0 unspecified atom stereocenters. The van der Waals surface area contributed by atoms with E-state index in [0.717, 1.165) is 5.56 Å². The fourth-order valence-corrected chi connectivity index (χ4v) is 1.94. The smallest absolute Gasteiger partial charge is 0.161 e. The Labute approximate surface area is 103 Å². The maximum Gasteiger partial charge on any atom is 0.161 e. The summed E-state index contributed by atoms with van der Waals surface area (Å²) in [6.07, 6.45) is 4.66. The van der Waals surface area contributed by atoms with Crippen LogP contribution in [-0.2, 0) is 0 Å². The Morgan fingerprint density at radius 3 is 2.56 bits per heavy atom. The van der Waals surface area contributed by atoms with Gasteiger partial charge in [0.15, 0.2) is 5.82 Å². The molecule has 2 rings (SSSR count). The minimum Gasteiger partial charge on any atom is -0.224 e. The summed E-state index contributed by atoms with van der Waals surface area (Å²) in [5, 5.41) is 5.12. The summed E-state index contributed by atoms with van der Waals surface area (Å²) in [6, 6.07) is 0. The van der Waals surface area contributed by atoms with Crippen molar-refractivity contribution >= 4 is 23.2 Å². The van der Waals surface area contributed by atoms with Crippen molar-refractivity contribution in [3.63, 3.8) is 0 Å². The summed E-state index contributed by atoms with van der Waals surface area (Å²) in [5.41, 5.74) is 0.865. The van der Waals surface area contributed by atoms with Gasteiger partial charge >= 0.3 is 0 Å². The third kappa shape index (κ3) is 2.03. The summed E-state index contributed by atoms with van der Waals surface area (Å²) >= 11 is 11.9. The Kier molecular flexibility index (Phi) is 3.12. The van der Waals surface area contributed by atoms with Crippen molar-refractivity contribution in [1.29, 1.82) is 0 Å². The van der Waals surface area contributed by atoms with E-state index < -0.39 is 0 Å². The Hall–Kier alpha value is -1.13. The van der Waals surface area contributed by atoms with Crippen LogP contribution in [0.2, 0.25) is 10.2 Å². The number of rotatable bonds is 2. The van der Waals surface area contributed by atoms with E-state index >= 15 is 0 Å². The van der Waals surface area contributed by atoms with Gasteiger partial charge in [0.25, 0.3) is 0 Å². The lowest BCUT2D eigenvalue weighted by Crippen LogP contribution is -2.06. The van der Waals surface area contributed by atoms with Crippen LogP contribution in [0.25, 0.3) is 5.82 Å². The largest absolute Gasteiger partial charge is 0.224 e. The second kappa shape index (κ2) is 4.39. The molecule has 0 saturated heterocycles. The van der Waals surface area contributed by atoms with E-state index in [-0.39, 0.29) is 5.92 Å². The molecule has 0 aromatic carbocycles. The van der Waals surface area contributed by atoms with Gasteiger partial charge in [-0.25, -0.2) is 14.6 Å². The predicted octanol–water partition coefficient (Wildman–Crippen LogP) is 3.09. The van der Waals surface area contributed by atoms with E-state index in [4.69, 9.17) is 23.2 Å². The average molecular weight is 257 g/mol. The van der Waals surface area contributed by atoms with Gasteiger partial charge in [-0.15, -0.1) is 0 Å². The van der Waals surface area contributed by atoms with Crippen LogP contribution in [0.15, 0.2) is 18.7 Å². The van der Waals surface area contributed by atoms with Crippen LogP contribution < -0.4 is 0 Å². The third-order valence-corrected chi connectivity index (χ3v) is 2.66. The highest BCUT2D eigenvalue weighted by molar-refractivity contribution is 6.30.